The number of halogens is 1. The fraction of sp³-hybridized carbons (Fsp3) is 0.0323. The second-order valence-corrected chi connectivity index (χ2v) is 8.05. The second-order valence-electron chi connectivity index (χ2n) is 8.05. The van der Waals surface area contributed by atoms with Crippen molar-refractivity contribution >= 4 is 17.1 Å². The van der Waals surface area contributed by atoms with E-state index in [0.29, 0.717) is 0 Å². The van der Waals surface area contributed by atoms with Crippen molar-refractivity contribution in [2.45, 2.75) is 0 Å². The minimum Gasteiger partial charge on any atom is -0.504 e. The molecule has 4 aromatic carbocycles. The van der Waals surface area contributed by atoms with Crippen molar-refractivity contribution < 1.29 is 24.5 Å². The third-order valence-corrected chi connectivity index (χ3v) is 5.68. The number of nitrogens with zero attached hydrogens (tertiary/aromatic N) is 3. The van der Waals surface area contributed by atoms with Crippen LogP contribution in [-0.4, -0.2) is 12.0 Å². The summed E-state index contributed by atoms with van der Waals surface area (Å²) in [5.74, 6) is -0.269. The van der Waals surface area contributed by atoms with E-state index >= 15 is 0 Å². The normalized spacial score (nSPS) is 11.7. The molecule has 1 aliphatic rings. The van der Waals surface area contributed by atoms with Crippen LogP contribution in [0.1, 0.15) is 0 Å². The van der Waals surface area contributed by atoms with Gasteiger partial charge in [0.05, 0.1) is 0 Å². The molecule has 0 atom stereocenters. The molecule has 0 N–H and O–H groups in total. The third-order valence-electron chi connectivity index (χ3n) is 5.68. The van der Waals surface area contributed by atoms with Crippen LogP contribution in [0.15, 0.2) is 115 Å². The van der Waals surface area contributed by atoms with Crippen LogP contribution in [0.2, 0.25) is 0 Å². The van der Waals surface area contributed by atoms with Gasteiger partial charge >= 0.3 is 20.1 Å². The van der Waals surface area contributed by atoms with Crippen LogP contribution in [0.3, 0.4) is 0 Å². The molecule has 0 aliphatic carbocycles. The van der Waals surface area contributed by atoms with Crippen molar-refractivity contribution in [2.24, 2.45) is 0 Å². The predicted molar refractivity (Wildman–Crippen MR) is 140 cm³/mol. The number of benzene rings is 4. The average Bonchev–Trinajstić information content (AvgIpc) is 3.27. The van der Waals surface area contributed by atoms with Gasteiger partial charge in [-0.05, 0) is 36.0 Å². The standard InChI is InChI=1S/C17H12N.C14H11FN2.Ir/c1-3-7-14(8-4-1)16-11-12-17(18-13-16)15-9-5-2-6-10-15;1-16-10-17(12-8-6-11(15)7-9-12)14-5-3-2-4-13(14)16;/h1-9,11-13H;2-8,10H,1H3;/q-1;-2;+3. The molecule has 0 saturated heterocycles. The summed E-state index contributed by atoms with van der Waals surface area (Å²) in [4.78, 5) is 8.52. The van der Waals surface area contributed by atoms with Crippen LogP contribution in [0, 0.1) is 24.6 Å². The largest absolute Gasteiger partial charge is 3.00 e. The molecule has 0 saturated carbocycles. The Morgan fingerprint density at radius 2 is 1.50 bits per heavy atom. The average molecular weight is 649 g/mol. The molecule has 0 amide bonds. The molecule has 178 valence electrons. The first-order chi connectivity index (χ1) is 17.2. The molecule has 1 aliphatic heterocycles. The fourth-order valence-corrected chi connectivity index (χ4v) is 3.91. The van der Waals surface area contributed by atoms with Gasteiger partial charge in [0.2, 0.25) is 0 Å². The molecule has 0 radical (unpaired) electrons. The molecule has 5 heteroatoms. The minimum atomic E-state index is -0.269. The molecule has 0 unspecified atom stereocenters. The number of anilines is 3. The Hall–Kier alpha value is -3.79. The molecule has 1 aromatic heterocycles. The van der Waals surface area contributed by atoms with Crippen molar-refractivity contribution in [1.29, 1.82) is 0 Å². The number of hydrogen-bond donors (Lipinski definition) is 0. The van der Waals surface area contributed by atoms with Crippen molar-refractivity contribution in [3.63, 3.8) is 0 Å². The number of para-hydroxylation sites is 2. The monoisotopic (exact) mass is 649 g/mol. The molecule has 5 aromatic rings. The Balaban J connectivity index is 0.000000165. The first-order valence-electron chi connectivity index (χ1n) is 11.3. The van der Waals surface area contributed by atoms with Gasteiger partial charge in [0.15, 0.2) is 0 Å². The van der Waals surface area contributed by atoms with Gasteiger partial charge in [-0.2, -0.15) is 12.7 Å². The van der Waals surface area contributed by atoms with E-state index in [0.717, 1.165) is 33.9 Å². The van der Waals surface area contributed by atoms with Gasteiger partial charge in [-0.15, -0.1) is 59.8 Å². The van der Waals surface area contributed by atoms with E-state index in [2.05, 4.69) is 41.4 Å². The van der Waals surface area contributed by atoms with E-state index in [4.69, 9.17) is 0 Å². The van der Waals surface area contributed by atoms with Crippen molar-refractivity contribution in [2.75, 3.05) is 16.8 Å². The van der Waals surface area contributed by atoms with Crippen LogP contribution >= 0.6 is 0 Å². The van der Waals surface area contributed by atoms with Crippen molar-refractivity contribution in [3.8, 4) is 22.4 Å². The van der Waals surface area contributed by atoms with Gasteiger partial charge in [0.25, 0.3) is 0 Å². The van der Waals surface area contributed by atoms with Crippen molar-refractivity contribution in [3.05, 3.63) is 140 Å². The van der Waals surface area contributed by atoms with E-state index in [1.54, 1.807) is 6.07 Å². The van der Waals surface area contributed by atoms with Crippen LogP contribution in [0.4, 0.5) is 21.5 Å². The van der Waals surface area contributed by atoms with Gasteiger partial charge in [-0.25, -0.2) is 0 Å². The number of aromatic nitrogens is 1. The zero-order valence-corrected chi connectivity index (χ0v) is 22.0. The third kappa shape index (κ3) is 5.71. The molecule has 0 bridgehead atoms. The molecule has 3 nitrogen and oxygen atoms in total. The summed E-state index contributed by atoms with van der Waals surface area (Å²) < 4.78 is 12.9. The minimum absolute atomic E-state index is 0. The number of pyridine rings is 1. The summed E-state index contributed by atoms with van der Waals surface area (Å²) in [6, 6.07) is 41.0. The summed E-state index contributed by atoms with van der Waals surface area (Å²) >= 11 is 0. The summed E-state index contributed by atoms with van der Waals surface area (Å²) in [7, 11) is 1.99. The Labute approximate surface area is 225 Å². The summed E-state index contributed by atoms with van der Waals surface area (Å²) in [6.07, 6.45) is 1.91. The van der Waals surface area contributed by atoms with E-state index in [-0.39, 0.29) is 25.9 Å². The number of fused-ring (bicyclic) bond motifs is 1. The van der Waals surface area contributed by atoms with Gasteiger partial charge in [0.1, 0.15) is 0 Å². The molecule has 2 heterocycles. The smallest absolute Gasteiger partial charge is 0.504 e. The molecular formula is C31H23FIrN3. The molecule has 0 fully saturated rings. The summed E-state index contributed by atoms with van der Waals surface area (Å²) in [5.41, 5.74) is 7.35. The zero-order valence-electron chi connectivity index (χ0n) is 19.6. The quantitative estimate of drug-likeness (QED) is 0.189. The van der Waals surface area contributed by atoms with Gasteiger partial charge in [-0.1, -0.05) is 54.6 Å². The summed E-state index contributed by atoms with van der Waals surface area (Å²) in [6.45, 7) is 1.97. The van der Waals surface area contributed by atoms with Gasteiger partial charge in [0, 0.05) is 23.4 Å². The zero-order chi connectivity index (χ0) is 24.0. The van der Waals surface area contributed by atoms with E-state index in [9.17, 15) is 4.39 Å². The van der Waals surface area contributed by atoms with E-state index in [1.165, 1.54) is 17.7 Å². The topological polar surface area (TPSA) is 19.4 Å². The molecular weight excluding hydrogens is 626 g/mol. The van der Waals surface area contributed by atoms with Crippen LogP contribution in [0.5, 0.6) is 0 Å². The number of rotatable bonds is 3. The Morgan fingerprint density at radius 3 is 2.17 bits per heavy atom. The molecule has 6 rings (SSSR count). The van der Waals surface area contributed by atoms with E-state index in [1.807, 2.05) is 96.4 Å². The van der Waals surface area contributed by atoms with Gasteiger partial charge < -0.3 is 14.8 Å². The second kappa shape index (κ2) is 11.8. The molecule has 0 spiro atoms. The van der Waals surface area contributed by atoms with Crippen LogP contribution in [-0.2, 0) is 20.1 Å². The summed E-state index contributed by atoms with van der Waals surface area (Å²) in [5, 5.41) is 0. The maximum Gasteiger partial charge on any atom is 3.00 e. The predicted octanol–water partition coefficient (Wildman–Crippen LogP) is 7.55. The van der Waals surface area contributed by atoms with E-state index < -0.39 is 0 Å². The maximum absolute atomic E-state index is 12.9. The Bertz CT molecular complexity index is 1320. The van der Waals surface area contributed by atoms with Crippen LogP contribution in [0.25, 0.3) is 22.4 Å². The fourth-order valence-electron chi connectivity index (χ4n) is 3.91. The van der Waals surface area contributed by atoms with Crippen LogP contribution < -0.4 is 9.80 Å². The number of hydrogen-bond acceptors (Lipinski definition) is 3. The Morgan fingerprint density at radius 1 is 0.750 bits per heavy atom. The SMILES string of the molecule is CN1[CH-]N(c2[c-]cc(F)cc2)c2ccccc21.[Ir+3].[c-]1ccccc1-c1ccc(-c2ccccc2)cn1. The molecule has 36 heavy (non-hydrogen) atoms. The first kappa shape index (κ1) is 25.3. The van der Waals surface area contributed by atoms with Crippen molar-refractivity contribution in [1.82, 2.24) is 4.98 Å². The van der Waals surface area contributed by atoms with Gasteiger partial charge in [-0.3, -0.25) is 4.39 Å². The first-order valence-corrected chi connectivity index (χ1v) is 11.3. The Kier molecular flexibility index (Phi) is 8.27. The maximum atomic E-state index is 12.9.